The summed E-state index contributed by atoms with van der Waals surface area (Å²) in [5, 5.41) is 4.44. The van der Waals surface area contributed by atoms with Crippen molar-refractivity contribution in [1.29, 1.82) is 0 Å². The SMILES string of the molecule is Nc1nnsc1-c1ccc(Cl)cc1. The van der Waals surface area contributed by atoms with Crippen LogP contribution in [0.15, 0.2) is 24.3 Å². The molecule has 2 N–H and O–H groups in total. The number of hydrogen-bond acceptors (Lipinski definition) is 4. The molecule has 0 aliphatic carbocycles. The molecule has 1 aromatic heterocycles. The number of nitrogens with zero attached hydrogens (tertiary/aromatic N) is 2. The second-order valence-corrected chi connectivity index (χ2v) is 3.68. The molecule has 0 amide bonds. The molecule has 2 rings (SSSR count). The summed E-state index contributed by atoms with van der Waals surface area (Å²) < 4.78 is 3.75. The van der Waals surface area contributed by atoms with Crippen molar-refractivity contribution in [2.24, 2.45) is 0 Å². The van der Waals surface area contributed by atoms with Gasteiger partial charge in [0.25, 0.3) is 0 Å². The van der Waals surface area contributed by atoms with E-state index >= 15 is 0 Å². The number of nitrogens with two attached hydrogens (primary N) is 1. The van der Waals surface area contributed by atoms with Gasteiger partial charge in [-0.15, -0.1) is 5.10 Å². The molecular formula is C8H6ClN3S. The standard InChI is InChI=1S/C8H6ClN3S/c9-6-3-1-5(2-4-6)7-8(10)11-12-13-7/h1-4H,10H2. The minimum Gasteiger partial charge on any atom is -0.381 e. The number of rotatable bonds is 1. The lowest BCUT2D eigenvalue weighted by Crippen LogP contribution is -1.86. The topological polar surface area (TPSA) is 51.8 Å². The third-order valence-corrected chi connectivity index (χ3v) is 2.66. The molecule has 0 radical (unpaired) electrons. The molecule has 0 fully saturated rings. The maximum absolute atomic E-state index is 5.75. The highest BCUT2D eigenvalue weighted by molar-refractivity contribution is 7.10. The summed E-state index contributed by atoms with van der Waals surface area (Å²) in [6.45, 7) is 0. The number of benzene rings is 1. The smallest absolute Gasteiger partial charge is 0.166 e. The summed E-state index contributed by atoms with van der Waals surface area (Å²) in [4.78, 5) is 0.886. The Balaban J connectivity index is 2.47. The number of aromatic nitrogens is 2. The van der Waals surface area contributed by atoms with Gasteiger partial charge in [-0.25, -0.2) is 0 Å². The number of hydrogen-bond donors (Lipinski definition) is 1. The van der Waals surface area contributed by atoms with Gasteiger partial charge in [-0.1, -0.05) is 28.2 Å². The van der Waals surface area contributed by atoms with Crippen LogP contribution in [-0.4, -0.2) is 9.59 Å². The summed E-state index contributed by atoms with van der Waals surface area (Å²) in [5.74, 6) is 0.465. The normalized spacial score (nSPS) is 10.2. The summed E-state index contributed by atoms with van der Waals surface area (Å²) in [7, 11) is 0. The fourth-order valence-corrected chi connectivity index (χ4v) is 1.71. The third kappa shape index (κ3) is 1.64. The van der Waals surface area contributed by atoms with Crippen LogP contribution in [0.4, 0.5) is 5.82 Å². The molecule has 5 heteroatoms. The van der Waals surface area contributed by atoms with Crippen molar-refractivity contribution in [3.05, 3.63) is 29.3 Å². The van der Waals surface area contributed by atoms with Gasteiger partial charge in [0.15, 0.2) is 5.82 Å². The van der Waals surface area contributed by atoms with Gasteiger partial charge in [-0.3, -0.25) is 0 Å². The van der Waals surface area contributed by atoms with Crippen LogP contribution in [-0.2, 0) is 0 Å². The van der Waals surface area contributed by atoms with Gasteiger partial charge in [-0.2, -0.15) is 0 Å². The zero-order valence-corrected chi connectivity index (χ0v) is 8.14. The Morgan fingerprint density at radius 3 is 2.46 bits per heavy atom. The molecule has 3 nitrogen and oxygen atoms in total. The van der Waals surface area contributed by atoms with Crippen LogP contribution in [0.5, 0.6) is 0 Å². The van der Waals surface area contributed by atoms with Crippen LogP contribution in [0.2, 0.25) is 5.02 Å². The summed E-state index contributed by atoms with van der Waals surface area (Å²) in [6.07, 6.45) is 0. The lowest BCUT2D eigenvalue weighted by atomic mass is 10.2. The van der Waals surface area contributed by atoms with E-state index in [0.29, 0.717) is 10.8 Å². The van der Waals surface area contributed by atoms with Gasteiger partial charge >= 0.3 is 0 Å². The molecule has 13 heavy (non-hydrogen) atoms. The molecule has 0 aliphatic heterocycles. The molecule has 0 bridgehead atoms. The van der Waals surface area contributed by atoms with E-state index in [-0.39, 0.29) is 0 Å². The number of halogens is 1. The minimum absolute atomic E-state index is 0.465. The summed E-state index contributed by atoms with van der Waals surface area (Å²) in [6, 6.07) is 7.42. The quantitative estimate of drug-likeness (QED) is 0.788. The Bertz CT molecular complexity index is 410. The Hall–Kier alpha value is -1.13. The van der Waals surface area contributed by atoms with Crippen LogP contribution in [0.1, 0.15) is 0 Å². The predicted octanol–water partition coefficient (Wildman–Crippen LogP) is 2.44. The zero-order chi connectivity index (χ0) is 9.26. The van der Waals surface area contributed by atoms with E-state index in [0.717, 1.165) is 10.4 Å². The van der Waals surface area contributed by atoms with Crippen molar-refractivity contribution in [3.63, 3.8) is 0 Å². The van der Waals surface area contributed by atoms with Crippen molar-refractivity contribution in [2.75, 3.05) is 5.73 Å². The Kier molecular flexibility index (Phi) is 2.16. The van der Waals surface area contributed by atoms with Crippen LogP contribution in [0, 0.1) is 0 Å². The van der Waals surface area contributed by atoms with Crippen LogP contribution in [0.3, 0.4) is 0 Å². The Morgan fingerprint density at radius 1 is 1.23 bits per heavy atom. The molecule has 66 valence electrons. The monoisotopic (exact) mass is 211 g/mol. The van der Waals surface area contributed by atoms with Crippen molar-refractivity contribution in [2.45, 2.75) is 0 Å². The van der Waals surface area contributed by atoms with E-state index in [4.69, 9.17) is 17.3 Å². The minimum atomic E-state index is 0.465. The zero-order valence-electron chi connectivity index (χ0n) is 6.57. The van der Waals surface area contributed by atoms with E-state index in [2.05, 4.69) is 9.59 Å². The fourth-order valence-electron chi connectivity index (χ4n) is 0.999. The Morgan fingerprint density at radius 2 is 1.92 bits per heavy atom. The van der Waals surface area contributed by atoms with Crippen LogP contribution in [0.25, 0.3) is 10.4 Å². The molecule has 1 aromatic carbocycles. The lowest BCUT2D eigenvalue weighted by molar-refractivity contribution is 1.17. The first-order chi connectivity index (χ1) is 6.27. The van der Waals surface area contributed by atoms with Gasteiger partial charge in [0.1, 0.15) is 0 Å². The van der Waals surface area contributed by atoms with E-state index in [1.807, 2.05) is 24.3 Å². The highest BCUT2D eigenvalue weighted by atomic mass is 35.5. The number of nitrogen functional groups attached to an aromatic ring is 1. The molecule has 0 unspecified atom stereocenters. The van der Waals surface area contributed by atoms with Gasteiger partial charge in [0, 0.05) is 5.02 Å². The first-order valence-electron chi connectivity index (χ1n) is 3.61. The van der Waals surface area contributed by atoms with E-state index < -0.39 is 0 Å². The predicted molar refractivity (Wildman–Crippen MR) is 54.8 cm³/mol. The van der Waals surface area contributed by atoms with Crippen LogP contribution >= 0.6 is 23.1 Å². The van der Waals surface area contributed by atoms with E-state index in [1.165, 1.54) is 11.5 Å². The average molecular weight is 212 g/mol. The van der Waals surface area contributed by atoms with Crippen LogP contribution < -0.4 is 5.73 Å². The fraction of sp³-hybridized carbons (Fsp3) is 0. The van der Waals surface area contributed by atoms with Crippen molar-refractivity contribution in [3.8, 4) is 10.4 Å². The van der Waals surface area contributed by atoms with Gasteiger partial charge in [-0.05, 0) is 29.2 Å². The maximum atomic E-state index is 5.75. The van der Waals surface area contributed by atoms with Crippen molar-refractivity contribution in [1.82, 2.24) is 9.59 Å². The largest absolute Gasteiger partial charge is 0.381 e. The molecular weight excluding hydrogens is 206 g/mol. The summed E-state index contributed by atoms with van der Waals surface area (Å²) >= 11 is 7.03. The molecule has 0 saturated heterocycles. The van der Waals surface area contributed by atoms with Gasteiger partial charge in [0.2, 0.25) is 0 Å². The lowest BCUT2D eigenvalue weighted by Gasteiger charge is -1.96. The second-order valence-electron chi connectivity index (χ2n) is 2.49. The maximum Gasteiger partial charge on any atom is 0.166 e. The third-order valence-electron chi connectivity index (χ3n) is 1.62. The molecule has 1 heterocycles. The number of anilines is 1. The molecule has 0 atom stereocenters. The molecule has 0 saturated carbocycles. The molecule has 2 aromatic rings. The van der Waals surface area contributed by atoms with E-state index in [1.54, 1.807) is 0 Å². The average Bonchev–Trinajstić information content (AvgIpc) is 2.53. The van der Waals surface area contributed by atoms with Gasteiger partial charge in [0.05, 0.1) is 4.88 Å². The Labute approximate surface area is 84.3 Å². The first kappa shape index (κ1) is 8.47. The van der Waals surface area contributed by atoms with Crippen molar-refractivity contribution >= 4 is 29.0 Å². The van der Waals surface area contributed by atoms with Gasteiger partial charge < -0.3 is 5.73 Å². The summed E-state index contributed by atoms with van der Waals surface area (Å²) in [5.41, 5.74) is 6.61. The van der Waals surface area contributed by atoms with E-state index in [9.17, 15) is 0 Å². The molecule has 0 aliphatic rings. The highest BCUT2D eigenvalue weighted by Crippen LogP contribution is 2.28. The molecule has 0 spiro atoms. The first-order valence-corrected chi connectivity index (χ1v) is 4.76. The van der Waals surface area contributed by atoms with Crippen molar-refractivity contribution < 1.29 is 0 Å². The second kappa shape index (κ2) is 3.32. The highest BCUT2D eigenvalue weighted by Gasteiger charge is 2.05.